The highest BCUT2D eigenvalue weighted by Gasteiger charge is 2.14. The van der Waals surface area contributed by atoms with Gasteiger partial charge in [0.05, 0.1) is 6.04 Å². The molecular weight excluding hydrogens is 420 g/mol. The number of carbonyl (C=O) groups excluding carboxylic acids is 1. The second kappa shape index (κ2) is 12.3. The van der Waals surface area contributed by atoms with E-state index in [2.05, 4.69) is 34.5 Å². The Morgan fingerprint density at radius 3 is 2.36 bits per heavy atom. The normalized spacial score (nSPS) is 13.1. The average Bonchev–Trinajstić information content (AvgIpc) is 2.78. The van der Waals surface area contributed by atoms with Crippen LogP contribution in [0.1, 0.15) is 17.5 Å². The van der Waals surface area contributed by atoms with E-state index < -0.39 is 17.7 Å². The van der Waals surface area contributed by atoms with E-state index in [9.17, 15) is 13.6 Å². The Labute approximate surface area is 194 Å². The zero-order chi connectivity index (χ0) is 23.6. The van der Waals surface area contributed by atoms with Gasteiger partial charge in [0, 0.05) is 31.7 Å². The molecule has 0 aromatic heterocycles. The lowest BCUT2D eigenvalue weighted by molar-refractivity contribution is -0.109. The maximum Gasteiger partial charge on any atom is 0.136 e. The van der Waals surface area contributed by atoms with Crippen molar-refractivity contribution in [2.75, 3.05) is 20.1 Å². The minimum Gasteiger partial charge on any atom is -0.327 e. The van der Waals surface area contributed by atoms with Crippen LogP contribution in [0.4, 0.5) is 8.78 Å². The molecule has 2 atom stereocenters. The number of likely N-dealkylation sites (N-methyl/N-ethyl adjacent to an activating group) is 1. The summed E-state index contributed by atoms with van der Waals surface area (Å²) in [5.74, 6) is -1.25. The van der Waals surface area contributed by atoms with Crippen LogP contribution in [0.3, 0.4) is 0 Å². The first-order chi connectivity index (χ1) is 15.9. The number of nitrogens with one attached hydrogen (secondary N) is 1. The van der Waals surface area contributed by atoms with Crippen LogP contribution >= 0.6 is 0 Å². The van der Waals surface area contributed by atoms with Crippen LogP contribution in [0.15, 0.2) is 72.8 Å². The monoisotopic (exact) mass is 451 g/mol. The zero-order valence-corrected chi connectivity index (χ0v) is 18.9. The highest BCUT2D eigenvalue weighted by atomic mass is 19.1. The van der Waals surface area contributed by atoms with Crippen molar-refractivity contribution in [3.63, 3.8) is 0 Å². The Balaban J connectivity index is 1.47. The summed E-state index contributed by atoms with van der Waals surface area (Å²) >= 11 is 0. The molecule has 174 valence electrons. The third-order valence-corrected chi connectivity index (χ3v) is 5.58. The largest absolute Gasteiger partial charge is 0.327 e. The number of halogens is 2. The summed E-state index contributed by atoms with van der Waals surface area (Å²) in [6, 6.07) is 21.2. The van der Waals surface area contributed by atoms with E-state index in [-0.39, 0.29) is 6.04 Å². The van der Waals surface area contributed by atoms with Crippen LogP contribution in [0.2, 0.25) is 0 Å². The smallest absolute Gasteiger partial charge is 0.136 e. The molecule has 3 aromatic rings. The van der Waals surface area contributed by atoms with E-state index in [1.807, 2.05) is 37.4 Å². The molecule has 3 rings (SSSR count). The molecule has 0 aliphatic heterocycles. The number of benzene rings is 3. The highest BCUT2D eigenvalue weighted by Crippen LogP contribution is 2.24. The maximum absolute atomic E-state index is 13.4. The first kappa shape index (κ1) is 24.7. The predicted octanol–water partition coefficient (Wildman–Crippen LogP) is 4.18. The summed E-state index contributed by atoms with van der Waals surface area (Å²) in [5, 5.41) is 3.23. The van der Waals surface area contributed by atoms with Crippen molar-refractivity contribution in [2.45, 2.75) is 31.5 Å². The Kier molecular flexibility index (Phi) is 9.24. The summed E-state index contributed by atoms with van der Waals surface area (Å²) in [6.45, 7) is 2.15. The SMILES string of the molecule is CN(CCNC(C=O)C[C@@H](N)Cc1cc(F)cc(F)c1)Cc1ccccc1-c1ccccc1. The van der Waals surface area contributed by atoms with Gasteiger partial charge in [-0.25, -0.2) is 8.78 Å². The van der Waals surface area contributed by atoms with E-state index in [1.165, 1.54) is 28.8 Å². The third-order valence-electron chi connectivity index (χ3n) is 5.58. The predicted molar refractivity (Wildman–Crippen MR) is 129 cm³/mol. The van der Waals surface area contributed by atoms with Gasteiger partial charge in [-0.3, -0.25) is 0 Å². The Bertz CT molecular complexity index is 1010. The van der Waals surface area contributed by atoms with Crippen LogP contribution in [-0.2, 0) is 17.8 Å². The molecule has 3 N–H and O–H groups in total. The first-order valence-corrected chi connectivity index (χ1v) is 11.2. The van der Waals surface area contributed by atoms with Crippen molar-refractivity contribution in [3.05, 3.63) is 95.6 Å². The van der Waals surface area contributed by atoms with Gasteiger partial charge < -0.3 is 20.7 Å². The van der Waals surface area contributed by atoms with Crippen LogP contribution in [0, 0.1) is 11.6 Å². The number of aldehydes is 1. The molecule has 0 amide bonds. The topological polar surface area (TPSA) is 58.4 Å². The first-order valence-electron chi connectivity index (χ1n) is 11.2. The van der Waals surface area contributed by atoms with E-state index >= 15 is 0 Å². The quantitative estimate of drug-likeness (QED) is 0.406. The molecule has 0 saturated heterocycles. The van der Waals surface area contributed by atoms with E-state index in [0.717, 1.165) is 25.4 Å². The molecule has 0 aliphatic carbocycles. The molecule has 0 spiro atoms. The zero-order valence-electron chi connectivity index (χ0n) is 18.9. The van der Waals surface area contributed by atoms with E-state index in [0.29, 0.717) is 24.9 Å². The molecule has 1 unspecified atom stereocenters. The molecule has 0 aliphatic rings. The fourth-order valence-electron chi connectivity index (χ4n) is 4.00. The molecule has 0 radical (unpaired) electrons. The van der Waals surface area contributed by atoms with Crippen LogP contribution in [-0.4, -0.2) is 43.4 Å². The van der Waals surface area contributed by atoms with Crippen molar-refractivity contribution in [1.82, 2.24) is 10.2 Å². The minimum atomic E-state index is -0.626. The molecule has 0 heterocycles. The minimum absolute atomic E-state index is 0.302. The standard InChI is InChI=1S/C27H31F2N3O/c1-32(18-22-9-5-6-10-27(22)21-7-3-2-4-8-21)12-11-31-26(19-33)17-25(30)15-20-13-23(28)16-24(29)14-20/h2-10,13-14,16,19,25-26,31H,11-12,15,17-18,30H2,1H3/t25-,26?/m0/s1. The molecule has 3 aromatic carbocycles. The maximum atomic E-state index is 13.4. The van der Waals surface area contributed by atoms with Gasteiger partial charge in [-0.15, -0.1) is 0 Å². The summed E-state index contributed by atoms with van der Waals surface area (Å²) in [7, 11) is 2.05. The summed E-state index contributed by atoms with van der Waals surface area (Å²) < 4.78 is 26.7. The molecule has 0 bridgehead atoms. The summed E-state index contributed by atoms with van der Waals surface area (Å²) in [6.07, 6.45) is 1.54. The number of hydrogen-bond acceptors (Lipinski definition) is 4. The second-order valence-electron chi connectivity index (χ2n) is 8.44. The fourth-order valence-corrected chi connectivity index (χ4v) is 4.00. The van der Waals surface area contributed by atoms with Crippen LogP contribution in [0.5, 0.6) is 0 Å². The van der Waals surface area contributed by atoms with Gasteiger partial charge in [0.15, 0.2) is 0 Å². The van der Waals surface area contributed by atoms with Gasteiger partial charge in [0.25, 0.3) is 0 Å². The van der Waals surface area contributed by atoms with Gasteiger partial charge >= 0.3 is 0 Å². The van der Waals surface area contributed by atoms with Crippen molar-refractivity contribution < 1.29 is 13.6 Å². The van der Waals surface area contributed by atoms with Crippen molar-refractivity contribution in [3.8, 4) is 11.1 Å². The van der Waals surface area contributed by atoms with E-state index in [1.54, 1.807) is 0 Å². The van der Waals surface area contributed by atoms with Gasteiger partial charge in [0.2, 0.25) is 0 Å². The fraction of sp³-hybridized carbons (Fsp3) is 0.296. The molecule has 0 fully saturated rings. The number of nitrogens with two attached hydrogens (primary N) is 1. The van der Waals surface area contributed by atoms with Gasteiger partial charge in [0.1, 0.15) is 17.9 Å². The average molecular weight is 452 g/mol. The molecule has 4 nitrogen and oxygen atoms in total. The van der Waals surface area contributed by atoms with E-state index in [4.69, 9.17) is 5.73 Å². The molecule has 33 heavy (non-hydrogen) atoms. The lowest BCUT2D eigenvalue weighted by Crippen LogP contribution is -2.41. The Morgan fingerprint density at radius 1 is 1.00 bits per heavy atom. The van der Waals surface area contributed by atoms with Crippen LogP contribution < -0.4 is 11.1 Å². The lowest BCUT2D eigenvalue weighted by Gasteiger charge is -2.22. The van der Waals surface area contributed by atoms with Crippen molar-refractivity contribution in [2.24, 2.45) is 5.73 Å². The highest BCUT2D eigenvalue weighted by molar-refractivity contribution is 5.67. The summed E-state index contributed by atoms with van der Waals surface area (Å²) in [4.78, 5) is 13.7. The number of rotatable bonds is 12. The van der Waals surface area contributed by atoms with Crippen LogP contribution in [0.25, 0.3) is 11.1 Å². The second-order valence-corrected chi connectivity index (χ2v) is 8.44. The summed E-state index contributed by atoms with van der Waals surface area (Å²) in [5.41, 5.74) is 10.3. The Morgan fingerprint density at radius 2 is 1.67 bits per heavy atom. The van der Waals surface area contributed by atoms with Gasteiger partial charge in [-0.05, 0) is 54.3 Å². The molecule has 0 saturated carbocycles. The number of hydrogen-bond donors (Lipinski definition) is 2. The number of carbonyl (C=O) groups is 1. The van der Waals surface area contributed by atoms with Crippen molar-refractivity contribution >= 4 is 6.29 Å². The van der Waals surface area contributed by atoms with Crippen molar-refractivity contribution in [1.29, 1.82) is 0 Å². The van der Waals surface area contributed by atoms with Gasteiger partial charge in [-0.1, -0.05) is 54.6 Å². The lowest BCUT2D eigenvalue weighted by atomic mass is 9.99. The molecule has 6 heteroatoms. The molecular formula is C27H31F2N3O. The Hall–Kier alpha value is -2.93. The third kappa shape index (κ3) is 7.86. The number of nitrogens with zero attached hydrogens (tertiary/aromatic N) is 1. The van der Waals surface area contributed by atoms with Gasteiger partial charge in [-0.2, -0.15) is 0 Å².